The van der Waals surface area contributed by atoms with Gasteiger partial charge in [-0.05, 0) is 31.0 Å². The average molecular weight is 449 g/mol. The maximum Gasteiger partial charge on any atom is 0.416 e. The van der Waals surface area contributed by atoms with Gasteiger partial charge in [0, 0.05) is 23.3 Å². The number of thioether (sulfide) groups is 1. The van der Waals surface area contributed by atoms with E-state index in [0.29, 0.717) is 12.8 Å². The average Bonchev–Trinajstić information content (AvgIpc) is 2.96. The van der Waals surface area contributed by atoms with E-state index in [4.69, 9.17) is 4.74 Å². The molecule has 1 aliphatic rings. The lowest BCUT2D eigenvalue weighted by molar-refractivity contribution is -0.137. The smallest absolute Gasteiger partial charge is 0.416 e. The summed E-state index contributed by atoms with van der Waals surface area (Å²) in [5.41, 5.74) is -0.804. The van der Waals surface area contributed by atoms with Crippen molar-refractivity contribution in [3.8, 4) is 5.75 Å². The highest BCUT2D eigenvalue weighted by Crippen LogP contribution is 2.38. The number of hydrogen-bond donors (Lipinski definition) is 3. The quantitative estimate of drug-likeness (QED) is 0.345. The predicted octanol–water partition coefficient (Wildman–Crippen LogP) is 4.43. The summed E-state index contributed by atoms with van der Waals surface area (Å²) in [7, 11) is 0. The molecule has 8 heteroatoms. The van der Waals surface area contributed by atoms with Crippen molar-refractivity contribution in [1.82, 2.24) is 0 Å². The molecule has 1 aromatic rings. The van der Waals surface area contributed by atoms with Gasteiger partial charge < -0.3 is 20.1 Å². The standard InChI is InChI=1S/C22H31F3O4S/c1-2-3-4-5-6-10-18-19(27)12-20(28)21(18)30-14-16(26)13-29-17-9-7-8-15(11-17)22(23,24)25/h5-9,11,16,18-21,26-28H,2-4,10,12-14H2,1H3/b6-5-/t16?,18-,19?,20?,21?/m0/s1. The van der Waals surface area contributed by atoms with E-state index in [0.717, 1.165) is 31.4 Å². The molecule has 1 fully saturated rings. The third kappa shape index (κ3) is 7.80. The number of hydrogen-bond acceptors (Lipinski definition) is 5. The number of benzene rings is 1. The van der Waals surface area contributed by atoms with E-state index >= 15 is 0 Å². The molecule has 30 heavy (non-hydrogen) atoms. The summed E-state index contributed by atoms with van der Waals surface area (Å²) >= 11 is 1.37. The highest BCUT2D eigenvalue weighted by atomic mass is 32.2. The van der Waals surface area contributed by atoms with Crippen LogP contribution in [0.4, 0.5) is 13.2 Å². The molecule has 0 aromatic heterocycles. The van der Waals surface area contributed by atoms with Crippen LogP contribution in [0.15, 0.2) is 36.4 Å². The summed E-state index contributed by atoms with van der Waals surface area (Å²) < 4.78 is 43.6. The Morgan fingerprint density at radius 3 is 2.70 bits per heavy atom. The van der Waals surface area contributed by atoms with Gasteiger partial charge in [0.25, 0.3) is 0 Å². The monoisotopic (exact) mass is 448 g/mol. The highest BCUT2D eigenvalue weighted by molar-refractivity contribution is 8.00. The van der Waals surface area contributed by atoms with Crippen LogP contribution in [0.3, 0.4) is 0 Å². The molecule has 5 atom stereocenters. The fourth-order valence-electron chi connectivity index (χ4n) is 3.50. The minimum atomic E-state index is -4.45. The molecule has 0 radical (unpaired) electrons. The number of aliphatic hydroxyl groups is 3. The highest BCUT2D eigenvalue weighted by Gasteiger charge is 2.41. The van der Waals surface area contributed by atoms with Gasteiger partial charge in [-0.1, -0.05) is 38.0 Å². The predicted molar refractivity (Wildman–Crippen MR) is 113 cm³/mol. The molecule has 3 N–H and O–H groups in total. The summed E-state index contributed by atoms with van der Waals surface area (Å²) in [4.78, 5) is 0. The van der Waals surface area contributed by atoms with Crippen LogP contribution in [-0.4, -0.2) is 51.2 Å². The SMILES string of the molecule is CCCC/C=C\C[C@H]1C(O)CC(O)C1SCC(O)COc1cccc(C(F)(F)F)c1. The van der Waals surface area contributed by atoms with Gasteiger partial charge in [-0.2, -0.15) is 24.9 Å². The normalized spacial score (nSPS) is 25.7. The zero-order chi connectivity index (χ0) is 22.1. The largest absolute Gasteiger partial charge is 0.491 e. The summed E-state index contributed by atoms with van der Waals surface area (Å²) in [5.74, 6) is 0.198. The number of allylic oxidation sites excluding steroid dienone is 2. The van der Waals surface area contributed by atoms with E-state index in [9.17, 15) is 28.5 Å². The van der Waals surface area contributed by atoms with Crippen LogP contribution in [-0.2, 0) is 6.18 Å². The molecule has 2 rings (SSSR count). The second-order valence-electron chi connectivity index (χ2n) is 7.67. The lowest BCUT2D eigenvalue weighted by atomic mass is 10.0. The van der Waals surface area contributed by atoms with Crippen molar-refractivity contribution in [2.45, 2.75) is 68.8 Å². The maximum atomic E-state index is 12.8. The van der Waals surface area contributed by atoms with Crippen LogP contribution in [0.2, 0.25) is 0 Å². The molecule has 0 saturated heterocycles. The van der Waals surface area contributed by atoms with Gasteiger partial charge in [-0.15, -0.1) is 0 Å². The Bertz CT molecular complexity index is 668. The van der Waals surface area contributed by atoms with Crippen molar-refractivity contribution in [1.29, 1.82) is 0 Å². The summed E-state index contributed by atoms with van der Waals surface area (Å²) in [6, 6.07) is 4.53. The summed E-state index contributed by atoms with van der Waals surface area (Å²) in [6.07, 6.45) is 1.73. The van der Waals surface area contributed by atoms with E-state index in [-0.39, 0.29) is 29.3 Å². The van der Waals surface area contributed by atoms with Crippen LogP contribution in [0.25, 0.3) is 0 Å². The first-order chi connectivity index (χ1) is 14.2. The number of ether oxygens (including phenoxy) is 1. The molecule has 0 aliphatic heterocycles. The minimum absolute atomic E-state index is 0.0419. The molecule has 0 spiro atoms. The second kappa shape index (κ2) is 12.0. The van der Waals surface area contributed by atoms with Crippen LogP contribution in [0.5, 0.6) is 5.75 Å². The van der Waals surface area contributed by atoms with Crippen LogP contribution in [0, 0.1) is 5.92 Å². The van der Waals surface area contributed by atoms with Gasteiger partial charge in [-0.3, -0.25) is 0 Å². The number of halogens is 3. The Kier molecular flexibility index (Phi) is 10.0. The van der Waals surface area contributed by atoms with Gasteiger partial charge >= 0.3 is 6.18 Å². The van der Waals surface area contributed by atoms with Gasteiger partial charge in [0.05, 0.1) is 23.9 Å². The third-order valence-corrected chi connectivity index (χ3v) is 6.79. The van der Waals surface area contributed by atoms with E-state index in [1.807, 2.05) is 6.08 Å². The van der Waals surface area contributed by atoms with Crippen LogP contribution >= 0.6 is 11.8 Å². The van der Waals surface area contributed by atoms with Gasteiger partial charge in [0.1, 0.15) is 12.4 Å². The molecule has 1 aromatic carbocycles. The fourth-order valence-corrected chi connectivity index (χ4v) is 4.92. The second-order valence-corrected chi connectivity index (χ2v) is 8.88. The fraction of sp³-hybridized carbons (Fsp3) is 0.636. The lowest BCUT2D eigenvalue weighted by Gasteiger charge is -2.23. The Morgan fingerprint density at radius 1 is 1.23 bits per heavy atom. The van der Waals surface area contributed by atoms with Crippen molar-refractivity contribution in [3.63, 3.8) is 0 Å². The maximum absolute atomic E-state index is 12.8. The molecule has 4 nitrogen and oxygen atoms in total. The van der Waals surface area contributed by atoms with E-state index in [2.05, 4.69) is 13.0 Å². The Morgan fingerprint density at radius 2 is 2.00 bits per heavy atom. The minimum Gasteiger partial charge on any atom is -0.491 e. The van der Waals surface area contributed by atoms with E-state index < -0.39 is 30.1 Å². The van der Waals surface area contributed by atoms with Crippen molar-refractivity contribution in [2.24, 2.45) is 5.92 Å². The van der Waals surface area contributed by atoms with Crippen molar-refractivity contribution < 1.29 is 33.2 Å². The van der Waals surface area contributed by atoms with Crippen molar-refractivity contribution >= 4 is 11.8 Å². The Labute approximate surface area is 180 Å². The first-order valence-corrected chi connectivity index (χ1v) is 11.4. The van der Waals surface area contributed by atoms with E-state index in [1.165, 1.54) is 23.9 Å². The van der Waals surface area contributed by atoms with Crippen molar-refractivity contribution in [3.05, 3.63) is 42.0 Å². The number of unbranched alkanes of at least 4 members (excludes halogenated alkanes) is 2. The summed E-state index contributed by atoms with van der Waals surface area (Å²) in [6.45, 7) is 1.97. The topological polar surface area (TPSA) is 69.9 Å². The molecular weight excluding hydrogens is 417 g/mol. The number of rotatable bonds is 11. The number of aliphatic hydroxyl groups excluding tert-OH is 3. The molecule has 170 valence electrons. The summed E-state index contributed by atoms with van der Waals surface area (Å²) in [5, 5.41) is 30.5. The Balaban J connectivity index is 1.82. The van der Waals surface area contributed by atoms with Crippen molar-refractivity contribution in [2.75, 3.05) is 12.4 Å². The van der Waals surface area contributed by atoms with Gasteiger partial charge in [0.2, 0.25) is 0 Å². The molecule has 4 unspecified atom stereocenters. The molecule has 1 aliphatic carbocycles. The third-order valence-electron chi connectivity index (χ3n) is 5.16. The molecule has 1 saturated carbocycles. The van der Waals surface area contributed by atoms with Gasteiger partial charge in [0.15, 0.2) is 0 Å². The Hall–Kier alpha value is -1.22. The lowest BCUT2D eigenvalue weighted by Crippen LogP contribution is -2.28. The van der Waals surface area contributed by atoms with Gasteiger partial charge in [-0.25, -0.2) is 0 Å². The molecule has 0 heterocycles. The number of alkyl halides is 3. The van der Waals surface area contributed by atoms with E-state index in [1.54, 1.807) is 0 Å². The molecule has 0 bridgehead atoms. The first kappa shape index (κ1) is 25.0. The molecular formula is C22H31F3O4S. The van der Waals surface area contributed by atoms with Crippen LogP contribution < -0.4 is 4.74 Å². The molecule has 0 amide bonds. The zero-order valence-corrected chi connectivity index (χ0v) is 17.9. The van der Waals surface area contributed by atoms with Crippen LogP contribution in [0.1, 0.15) is 44.6 Å². The zero-order valence-electron chi connectivity index (χ0n) is 17.1. The first-order valence-electron chi connectivity index (χ1n) is 10.3.